The summed E-state index contributed by atoms with van der Waals surface area (Å²) in [5.41, 5.74) is 10.8. The summed E-state index contributed by atoms with van der Waals surface area (Å²) in [5.74, 6) is 0.659. The third-order valence-corrected chi connectivity index (χ3v) is 5.88. The van der Waals surface area contributed by atoms with Gasteiger partial charge in [0.25, 0.3) is 0 Å². The maximum Gasteiger partial charge on any atom is 0.344 e. The van der Waals surface area contributed by atoms with Crippen LogP contribution in [0.1, 0.15) is 42.6 Å². The number of benzene rings is 2. The third-order valence-electron chi connectivity index (χ3n) is 5.88. The molecule has 0 amide bonds. The Morgan fingerprint density at radius 2 is 1.78 bits per heavy atom. The van der Waals surface area contributed by atoms with Gasteiger partial charge in [-0.25, -0.2) is 14.8 Å². The van der Waals surface area contributed by atoms with Gasteiger partial charge < -0.3 is 15.2 Å². The predicted octanol–water partition coefficient (Wildman–Crippen LogP) is 5.07. The number of rotatable bonds is 7. The lowest BCUT2D eigenvalue weighted by Crippen LogP contribution is -2.15. The van der Waals surface area contributed by atoms with Gasteiger partial charge in [0, 0.05) is 0 Å². The molecule has 2 N–H and O–H groups in total. The molecule has 7 heteroatoms. The summed E-state index contributed by atoms with van der Waals surface area (Å²) in [7, 11) is 1.60. The predicted molar refractivity (Wildman–Crippen MR) is 126 cm³/mol. The molecule has 2 heterocycles. The molecule has 2 aromatic heterocycles. The van der Waals surface area contributed by atoms with Crippen molar-refractivity contribution in [3.63, 3.8) is 0 Å². The Morgan fingerprint density at radius 1 is 1.09 bits per heavy atom. The first kappa shape index (κ1) is 21.6. The first-order valence-corrected chi connectivity index (χ1v) is 10.9. The van der Waals surface area contributed by atoms with Crippen LogP contribution in [-0.2, 0) is 4.74 Å². The lowest BCUT2D eigenvalue weighted by atomic mass is 10.1. The molecule has 0 aliphatic carbocycles. The Bertz CT molecular complexity index is 1290. The molecule has 0 saturated carbocycles. The summed E-state index contributed by atoms with van der Waals surface area (Å²) in [6, 6.07) is 13.3. The molecule has 2 aromatic carbocycles. The Morgan fingerprint density at radius 3 is 2.44 bits per heavy atom. The van der Waals surface area contributed by atoms with Gasteiger partial charge in [-0.3, -0.25) is 4.57 Å². The molecule has 0 radical (unpaired) electrons. The lowest BCUT2D eigenvalue weighted by molar-refractivity contribution is 0.0436. The molecular weight excluding hydrogens is 404 g/mol. The van der Waals surface area contributed by atoms with Crippen LogP contribution in [0.3, 0.4) is 0 Å². The third kappa shape index (κ3) is 3.75. The van der Waals surface area contributed by atoms with Gasteiger partial charge >= 0.3 is 5.97 Å². The number of nitrogens with two attached hydrogens (primary N) is 1. The topological polar surface area (TPSA) is 92.3 Å². The zero-order chi connectivity index (χ0) is 22.8. The quantitative estimate of drug-likeness (QED) is 0.410. The number of esters is 1. The largest absolute Gasteiger partial charge is 0.495 e. The SMILES string of the molecule is CCC(CC)COC(=O)c1c(N)n(-c2cc(C)ccc2OC)c2nc3ccccc3nc12. The molecule has 0 atom stereocenters. The van der Waals surface area contributed by atoms with Gasteiger partial charge in [0.15, 0.2) is 5.65 Å². The highest BCUT2D eigenvalue weighted by Crippen LogP contribution is 2.35. The van der Waals surface area contributed by atoms with Crippen molar-refractivity contribution >= 4 is 34.0 Å². The number of aryl methyl sites for hydroxylation is 1. The van der Waals surface area contributed by atoms with Gasteiger partial charge in [0.05, 0.1) is 30.4 Å². The van der Waals surface area contributed by atoms with E-state index in [0.29, 0.717) is 46.2 Å². The van der Waals surface area contributed by atoms with Crippen molar-refractivity contribution in [1.82, 2.24) is 14.5 Å². The van der Waals surface area contributed by atoms with Crippen molar-refractivity contribution in [1.29, 1.82) is 0 Å². The van der Waals surface area contributed by atoms with Gasteiger partial charge in [-0.1, -0.05) is 44.9 Å². The van der Waals surface area contributed by atoms with E-state index in [-0.39, 0.29) is 11.4 Å². The molecule has 166 valence electrons. The number of methoxy groups -OCH3 is 1. The molecule has 4 aromatic rings. The van der Waals surface area contributed by atoms with Crippen LogP contribution in [0, 0.1) is 12.8 Å². The lowest BCUT2D eigenvalue weighted by Gasteiger charge is -2.14. The van der Waals surface area contributed by atoms with Crippen molar-refractivity contribution in [3.8, 4) is 11.4 Å². The van der Waals surface area contributed by atoms with E-state index in [1.165, 1.54) is 0 Å². The summed E-state index contributed by atoms with van der Waals surface area (Å²) in [4.78, 5) is 22.8. The summed E-state index contributed by atoms with van der Waals surface area (Å²) in [6.45, 7) is 6.50. The van der Waals surface area contributed by atoms with E-state index in [2.05, 4.69) is 13.8 Å². The number of fused-ring (bicyclic) bond motifs is 2. The Kier molecular flexibility index (Phi) is 5.99. The van der Waals surface area contributed by atoms with Gasteiger partial charge in [-0.05, 0) is 42.7 Å². The minimum absolute atomic E-state index is 0.229. The first-order valence-electron chi connectivity index (χ1n) is 10.9. The van der Waals surface area contributed by atoms with Gasteiger partial charge in [-0.2, -0.15) is 0 Å². The summed E-state index contributed by atoms with van der Waals surface area (Å²) < 4.78 is 13.0. The molecule has 0 unspecified atom stereocenters. The Labute approximate surface area is 187 Å². The summed E-state index contributed by atoms with van der Waals surface area (Å²) in [5, 5.41) is 0. The minimum Gasteiger partial charge on any atom is -0.495 e. The molecular formula is C25H28N4O3. The fourth-order valence-electron chi connectivity index (χ4n) is 3.87. The highest BCUT2D eigenvalue weighted by Gasteiger charge is 2.27. The molecule has 0 bridgehead atoms. The van der Waals surface area contributed by atoms with Crippen molar-refractivity contribution < 1.29 is 14.3 Å². The fraction of sp³-hybridized carbons (Fsp3) is 0.320. The minimum atomic E-state index is -0.491. The van der Waals surface area contributed by atoms with Crippen LogP contribution in [0.5, 0.6) is 5.75 Å². The average Bonchev–Trinajstić information content (AvgIpc) is 3.08. The van der Waals surface area contributed by atoms with Crippen molar-refractivity contribution in [2.24, 2.45) is 5.92 Å². The molecule has 0 aliphatic heterocycles. The number of para-hydroxylation sites is 2. The molecule has 0 aliphatic rings. The monoisotopic (exact) mass is 432 g/mol. The van der Waals surface area contributed by atoms with E-state index in [1.54, 1.807) is 11.7 Å². The molecule has 7 nitrogen and oxygen atoms in total. The van der Waals surface area contributed by atoms with E-state index >= 15 is 0 Å². The number of hydrogen-bond acceptors (Lipinski definition) is 6. The maximum absolute atomic E-state index is 13.2. The molecule has 0 spiro atoms. The molecule has 32 heavy (non-hydrogen) atoms. The van der Waals surface area contributed by atoms with E-state index in [4.69, 9.17) is 25.2 Å². The highest BCUT2D eigenvalue weighted by atomic mass is 16.5. The van der Waals surface area contributed by atoms with Crippen molar-refractivity contribution in [2.45, 2.75) is 33.6 Å². The van der Waals surface area contributed by atoms with Crippen molar-refractivity contribution in [3.05, 3.63) is 53.6 Å². The zero-order valence-corrected chi connectivity index (χ0v) is 18.9. The van der Waals surface area contributed by atoms with Crippen LogP contribution in [0.15, 0.2) is 42.5 Å². The van der Waals surface area contributed by atoms with Crippen molar-refractivity contribution in [2.75, 3.05) is 19.5 Å². The standard InChI is InChI=1S/C25H28N4O3/c1-5-16(6-2)14-32-25(30)21-22-24(28-18-10-8-7-9-17(18)27-22)29(23(21)26)19-13-15(3)11-12-20(19)31-4/h7-13,16H,5-6,14,26H2,1-4H3. The number of anilines is 1. The summed E-state index contributed by atoms with van der Waals surface area (Å²) in [6.07, 6.45) is 1.87. The van der Waals surface area contributed by atoms with E-state index < -0.39 is 5.97 Å². The smallest absolute Gasteiger partial charge is 0.344 e. The fourth-order valence-corrected chi connectivity index (χ4v) is 3.87. The van der Waals surface area contributed by atoms with Gasteiger partial charge in [-0.15, -0.1) is 0 Å². The van der Waals surface area contributed by atoms with E-state index in [9.17, 15) is 4.79 Å². The number of carbonyl (C=O) groups excluding carboxylic acids is 1. The average molecular weight is 433 g/mol. The highest BCUT2D eigenvalue weighted by molar-refractivity contribution is 6.09. The number of ether oxygens (including phenoxy) is 2. The number of nitrogen functional groups attached to an aromatic ring is 1. The first-order chi connectivity index (χ1) is 15.5. The van der Waals surface area contributed by atoms with Crippen LogP contribution in [-0.4, -0.2) is 34.2 Å². The molecule has 4 rings (SSSR count). The van der Waals surface area contributed by atoms with Crippen LogP contribution in [0.2, 0.25) is 0 Å². The van der Waals surface area contributed by atoms with Gasteiger partial charge in [0.1, 0.15) is 22.6 Å². The van der Waals surface area contributed by atoms with Crippen LogP contribution >= 0.6 is 0 Å². The second-order valence-electron chi connectivity index (χ2n) is 7.94. The number of nitrogens with zero attached hydrogens (tertiary/aromatic N) is 3. The van der Waals surface area contributed by atoms with Crippen LogP contribution in [0.25, 0.3) is 27.9 Å². The number of hydrogen-bond donors (Lipinski definition) is 1. The maximum atomic E-state index is 13.2. The Balaban J connectivity index is 1.96. The molecule has 0 saturated heterocycles. The van der Waals surface area contributed by atoms with Gasteiger partial charge in [0.2, 0.25) is 0 Å². The second-order valence-corrected chi connectivity index (χ2v) is 7.94. The number of aromatic nitrogens is 3. The summed E-state index contributed by atoms with van der Waals surface area (Å²) >= 11 is 0. The number of carbonyl (C=O) groups is 1. The normalized spacial score (nSPS) is 11.4. The van der Waals surface area contributed by atoms with Crippen LogP contribution in [0.4, 0.5) is 5.82 Å². The van der Waals surface area contributed by atoms with Crippen LogP contribution < -0.4 is 10.5 Å². The Hall–Kier alpha value is -3.61. The second kappa shape index (κ2) is 8.86. The molecule has 0 fully saturated rings. The zero-order valence-electron chi connectivity index (χ0n) is 18.9. The van der Waals surface area contributed by atoms with E-state index in [1.807, 2.05) is 49.4 Å². The van der Waals surface area contributed by atoms with E-state index in [0.717, 1.165) is 18.4 Å².